The van der Waals surface area contributed by atoms with Crippen LogP contribution in [-0.4, -0.2) is 18.1 Å². The van der Waals surface area contributed by atoms with Gasteiger partial charge in [0.1, 0.15) is 5.75 Å². The van der Waals surface area contributed by atoms with Crippen LogP contribution in [0, 0.1) is 0 Å². The lowest BCUT2D eigenvalue weighted by atomic mass is 10.1. The van der Waals surface area contributed by atoms with Crippen LogP contribution in [0.1, 0.15) is 45.4 Å². The first-order valence-electron chi connectivity index (χ1n) is 7.62. The molecule has 1 saturated carbocycles. The fourth-order valence-corrected chi connectivity index (χ4v) is 2.76. The number of halogens is 1. The van der Waals surface area contributed by atoms with Crippen molar-refractivity contribution in [2.75, 3.05) is 5.32 Å². The minimum Gasteiger partial charge on any atom is -0.489 e. The summed E-state index contributed by atoms with van der Waals surface area (Å²) in [6.45, 7) is 2.00. The Morgan fingerprint density at radius 2 is 2.19 bits per heavy atom. The van der Waals surface area contributed by atoms with Gasteiger partial charge in [-0.3, -0.25) is 4.79 Å². The van der Waals surface area contributed by atoms with Gasteiger partial charge in [0.15, 0.2) is 0 Å². The highest BCUT2D eigenvalue weighted by molar-refractivity contribution is 6.32. The summed E-state index contributed by atoms with van der Waals surface area (Å²) < 4.78 is 5.88. The SMILES string of the molecule is CCCC(N)C(=O)Nc1ccc(OC2CCCC2)c(Cl)c1. The summed E-state index contributed by atoms with van der Waals surface area (Å²) >= 11 is 6.22. The molecule has 116 valence electrons. The predicted octanol–water partition coefficient (Wildman–Crippen LogP) is 3.73. The number of rotatable bonds is 6. The van der Waals surface area contributed by atoms with Crippen molar-refractivity contribution in [3.05, 3.63) is 23.2 Å². The zero-order chi connectivity index (χ0) is 15.2. The first-order chi connectivity index (χ1) is 10.1. The third-order valence-corrected chi connectivity index (χ3v) is 4.03. The number of anilines is 1. The standard InChI is InChI=1S/C16H23ClN2O2/c1-2-5-14(18)16(20)19-11-8-9-15(13(17)10-11)21-12-6-3-4-7-12/h8-10,12,14H,2-7,18H2,1H3,(H,19,20). The zero-order valence-electron chi connectivity index (χ0n) is 12.4. The second kappa shape index (κ2) is 7.66. The van der Waals surface area contributed by atoms with Crippen molar-refractivity contribution in [2.24, 2.45) is 5.73 Å². The van der Waals surface area contributed by atoms with E-state index in [4.69, 9.17) is 22.1 Å². The fourth-order valence-electron chi connectivity index (χ4n) is 2.54. The summed E-state index contributed by atoms with van der Waals surface area (Å²) in [5.41, 5.74) is 6.43. The molecule has 0 heterocycles. The van der Waals surface area contributed by atoms with E-state index < -0.39 is 6.04 Å². The van der Waals surface area contributed by atoms with Crippen LogP contribution in [0.15, 0.2) is 18.2 Å². The van der Waals surface area contributed by atoms with Gasteiger partial charge >= 0.3 is 0 Å². The number of hydrogen-bond donors (Lipinski definition) is 2. The van der Waals surface area contributed by atoms with Crippen LogP contribution in [0.3, 0.4) is 0 Å². The molecule has 1 fully saturated rings. The third kappa shape index (κ3) is 4.61. The Balaban J connectivity index is 1.96. The summed E-state index contributed by atoms with van der Waals surface area (Å²) in [5.74, 6) is 0.497. The molecule has 1 atom stereocenters. The first-order valence-corrected chi connectivity index (χ1v) is 8.00. The zero-order valence-corrected chi connectivity index (χ0v) is 13.2. The van der Waals surface area contributed by atoms with Gasteiger partial charge in [-0.15, -0.1) is 0 Å². The summed E-state index contributed by atoms with van der Waals surface area (Å²) in [6.07, 6.45) is 6.41. The normalized spacial score (nSPS) is 16.7. The monoisotopic (exact) mass is 310 g/mol. The minimum absolute atomic E-state index is 0.183. The molecule has 0 bridgehead atoms. The number of amides is 1. The van der Waals surface area contributed by atoms with E-state index in [2.05, 4.69) is 5.32 Å². The number of nitrogens with one attached hydrogen (secondary N) is 1. The van der Waals surface area contributed by atoms with Gasteiger partial charge in [0.25, 0.3) is 0 Å². The van der Waals surface area contributed by atoms with Crippen LogP contribution in [0.4, 0.5) is 5.69 Å². The highest BCUT2D eigenvalue weighted by Gasteiger charge is 2.18. The molecule has 0 aromatic heterocycles. The van der Waals surface area contributed by atoms with Crippen molar-refractivity contribution in [1.29, 1.82) is 0 Å². The summed E-state index contributed by atoms with van der Waals surface area (Å²) in [7, 11) is 0. The lowest BCUT2D eigenvalue weighted by Crippen LogP contribution is -2.35. The lowest BCUT2D eigenvalue weighted by molar-refractivity contribution is -0.117. The van der Waals surface area contributed by atoms with E-state index in [1.165, 1.54) is 12.8 Å². The Labute approximate surface area is 131 Å². The molecule has 1 amide bonds. The molecule has 0 saturated heterocycles. The van der Waals surface area contributed by atoms with Crippen molar-refractivity contribution in [3.63, 3.8) is 0 Å². The second-order valence-corrected chi connectivity index (χ2v) is 5.96. The van der Waals surface area contributed by atoms with Gasteiger partial charge in [-0.25, -0.2) is 0 Å². The lowest BCUT2D eigenvalue weighted by Gasteiger charge is -2.16. The molecular weight excluding hydrogens is 288 g/mol. The van der Waals surface area contributed by atoms with Gasteiger partial charge in [0, 0.05) is 5.69 Å². The van der Waals surface area contributed by atoms with E-state index in [9.17, 15) is 4.79 Å². The molecule has 1 unspecified atom stereocenters. The molecule has 0 spiro atoms. The van der Waals surface area contributed by atoms with Crippen LogP contribution in [0.25, 0.3) is 0 Å². The van der Waals surface area contributed by atoms with E-state index >= 15 is 0 Å². The minimum atomic E-state index is -0.483. The van der Waals surface area contributed by atoms with Crippen molar-refractivity contribution in [3.8, 4) is 5.75 Å². The van der Waals surface area contributed by atoms with Gasteiger partial charge in [-0.1, -0.05) is 24.9 Å². The highest BCUT2D eigenvalue weighted by Crippen LogP contribution is 2.31. The number of carbonyl (C=O) groups excluding carboxylic acids is 1. The fraction of sp³-hybridized carbons (Fsp3) is 0.562. The molecule has 5 heteroatoms. The van der Waals surface area contributed by atoms with Crippen LogP contribution in [0.5, 0.6) is 5.75 Å². The molecule has 2 rings (SSSR count). The average Bonchev–Trinajstić information content (AvgIpc) is 2.95. The van der Waals surface area contributed by atoms with E-state index in [1.807, 2.05) is 13.0 Å². The van der Waals surface area contributed by atoms with Gasteiger partial charge < -0.3 is 15.8 Å². The quantitative estimate of drug-likeness (QED) is 0.841. The molecule has 4 nitrogen and oxygen atoms in total. The Morgan fingerprint density at radius 1 is 1.48 bits per heavy atom. The third-order valence-electron chi connectivity index (χ3n) is 3.73. The number of hydrogen-bond acceptors (Lipinski definition) is 3. The van der Waals surface area contributed by atoms with Gasteiger partial charge in [-0.05, 0) is 50.3 Å². The van der Waals surface area contributed by atoms with Crippen molar-refractivity contribution in [2.45, 2.75) is 57.6 Å². The van der Waals surface area contributed by atoms with Gasteiger partial charge in [-0.2, -0.15) is 0 Å². The molecule has 1 aliphatic carbocycles. The maximum Gasteiger partial charge on any atom is 0.241 e. The highest BCUT2D eigenvalue weighted by atomic mass is 35.5. The molecule has 21 heavy (non-hydrogen) atoms. The Hall–Kier alpha value is -1.26. The van der Waals surface area contributed by atoms with Crippen LogP contribution in [-0.2, 0) is 4.79 Å². The Morgan fingerprint density at radius 3 is 2.81 bits per heavy atom. The van der Waals surface area contributed by atoms with Gasteiger partial charge in [0.05, 0.1) is 17.2 Å². The molecule has 1 aromatic rings. The topological polar surface area (TPSA) is 64.4 Å². The average molecular weight is 311 g/mol. The van der Waals surface area contributed by atoms with Crippen LogP contribution in [0.2, 0.25) is 5.02 Å². The van der Waals surface area contributed by atoms with Crippen molar-refractivity contribution < 1.29 is 9.53 Å². The number of ether oxygens (including phenoxy) is 1. The summed E-state index contributed by atoms with van der Waals surface area (Å²) in [5, 5.41) is 3.30. The molecule has 0 radical (unpaired) electrons. The maximum atomic E-state index is 11.9. The maximum absolute atomic E-state index is 11.9. The summed E-state index contributed by atoms with van der Waals surface area (Å²) in [6, 6.07) is 4.83. The Bertz CT molecular complexity index is 487. The van der Waals surface area contributed by atoms with E-state index in [-0.39, 0.29) is 12.0 Å². The van der Waals surface area contributed by atoms with E-state index in [0.717, 1.165) is 19.3 Å². The van der Waals surface area contributed by atoms with E-state index in [1.54, 1.807) is 12.1 Å². The van der Waals surface area contributed by atoms with E-state index in [0.29, 0.717) is 22.9 Å². The number of carbonyl (C=O) groups is 1. The molecule has 3 N–H and O–H groups in total. The smallest absolute Gasteiger partial charge is 0.241 e. The Kier molecular flexibility index (Phi) is 5.88. The molecule has 1 aliphatic rings. The van der Waals surface area contributed by atoms with Crippen LogP contribution < -0.4 is 15.8 Å². The summed E-state index contributed by atoms with van der Waals surface area (Å²) in [4.78, 5) is 11.9. The number of nitrogens with two attached hydrogens (primary N) is 1. The predicted molar refractivity (Wildman–Crippen MR) is 85.8 cm³/mol. The second-order valence-electron chi connectivity index (χ2n) is 5.55. The van der Waals surface area contributed by atoms with Crippen LogP contribution >= 0.6 is 11.6 Å². The van der Waals surface area contributed by atoms with Gasteiger partial charge in [0.2, 0.25) is 5.91 Å². The van der Waals surface area contributed by atoms with Crippen molar-refractivity contribution in [1.82, 2.24) is 0 Å². The molecule has 0 aliphatic heterocycles. The largest absolute Gasteiger partial charge is 0.489 e. The molecule has 1 aromatic carbocycles. The van der Waals surface area contributed by atoms with Crippen molar-refractivity contribution >= 4 is 23.2 Å². The molecular formula is C16H23ClN2O2. The first kappa shape index (κ1) is 16.1. The number of benzene rings is 1.